The number of nitrogens with zero attached hydrogens (tertiary/aromatic N) is 2. The zero-order valence-corrected chi connectivity index (χ0v) is 10.6. The molecule has 0 atom stereocenters. The number of nitrogens with one attached hydrogen (secondary N) is 2. The van der Waals surface area contributed by atoms with Crippen LogP contribution >= 0.6 is 0 Å². The molecule has 0 amide bonds. The maximum Gasteiger partial charge on any atom is 0.181 e. The molecule has 0 aliphatic carbocycles. The molecular weight excluding hydrogens is 228 g/mol. The Morgan fingerprint density at radius 3 is 2.56 bits per heavy atom. The zero-order chi connectivity index (χ0) is 13.0. The van der Waals surface area contributed by atoms with Crippen LogP contribution in [0.1, 0.15) is 25.6 Å². The van der Waals surface area contributed by atoms with E-state index in [1.54, 1.807) is 0 Å². The van der Waals surface area contributed by atoms with Crippen molar-refractivity contribution in [2.24, 2.45) is 0 Å². The average Bonchev–Trinajstić information content (AvgIpc) is 2.87. The predicted octanol–water partition coefficient (Wildman–Crippen LogP) is 2.00. The monoisotopic (exact) mass is 246 g/mol. The largest absolute Gasteiger partial charge is 0.395 e. The molecule has 0 aliphatic rings. The number of H-pyrrole nitrogens is 1. The third-order valence-corrected chi connectivity index (χ3v) is 2.63. The number of aromatic nitrogens is 3. The Hall–Kier alpha value is -1.88. The minimum atomic E-state index is 0.125. The average molecular weight is 246 g/mol. The molecule has 5 nitrogen and oxygen atoms in total. The molecule has 3 N–H and O–H groups in total. The van der Waals surface area contributed by atoms with Gasteiger partial charge in [-0.15, -0.1) is 0 Å². The highest BCUT2D eigenvalue weighted by Gasteiger charge is 2.08. The topological polar surface area (TPSA) is 73.8 Å². The highest BCUT2D eigenvalue weighted by atomic mass is 16.3. The summed E-state index contributed by atoms with van der Waals surface area (Å²) < 4.78 is 0. The van der Waals surface area contributed by atoms with E-state index in [4.69, 9.17) is 5.11 Å². The Kier molecular flexibility index (Phi) is 3.94. The lowest BCUT2D eigenvalue weighted by Gasteiger charge is -2.04. The van der Waals surface area contributed by atoms with E-state index in [1.165, 1.54) is 0 Å². The quantitative estimate of drug-likeness (QED) is 0.754. The summed E-state index contributed by atoms with van der Waals surface area (Å²) in [5, 5.41) is 19.0. The highest BCUT2D eigenvalue weighted by Crippen LogP contribution is 2.19. The van der Waals surface area contributed by atoms with Crippen LogP contribution in [0.3, 0.4) is 0 Å². The summed E-state index contributed by atoms with van der Waals surface area (Å²) in [6, 6.07) is 7.84. The van der Waals surface area contributed by atoms with E-state index in [-0.39, 0.29) is 6.61 Å². The van der Waals surface area contributed by atoms with Crippen molar-refractivity contribution in [2.45, 2.75) is 19.8 Å². The van der Waals surface area contributed by atoms with Crippen molar-refractivity contribution in [3.8, 4) is 11.4 Å². The molecule has 0 bridgehead atoms. The Balaban J connectivity index is 2.12. The number of aliphatic hydroxyl groups is 1. The summed E-state index contributed by atoms with van der Waals surface area (Å²) in [6.07, 6.45) is 0. The van der Waals surface area contributed by atoms with Gasteiger partial charge >= 0.3 is 0 Å². The molecule has 0 saturated heterocycles. The van der Waals surface area contributed by atoms with E-state index < -0.39 is 0 Å². The second-order valence-electron chi connectivity index (χ2n) is 4.43. The van der Waals surface area contributed by atoms with Crippen LogP contribution < -0.4 is 5.32 Å². The fourth-order valence-electron chi connectivity index (χ4n) is 1.60. The summed E-state index contributed by atoms with van der Waals surface area (Å²) >= 11 is 0. The standard InChI is InChI=1S/C13H18N4O/c1-9(2)12-15-13(17-16-12)10-3-5-11(6-4-10)14-7-8-18/h3-6,9,14,18H,7-8H2,1-2H3,(H,15,16,17). The van der Waals surface area contributed by atoms with Crippen molar-refractivity contribution >= 4 is 5.69 Å². The Bertz CT molecular complexity index is 490. The normalized spacial score (nSPS) is 10.9. The number of hydrogen-bond donors (Lipinski definition) is 3. The van der Waals surface area contributed by atoms with Gasteiger partial charge in [0.15, 0.2) is 5.82 Å². The SMILES string of the molecule is CC(C)c1nc(-c2ccc(NCCO)cc2)n[nH]1. The number of aromatic amines is 1. The van der Waals surface area contributed by atoms with Crippen molar-refractivity contribution in [3.63, 3.8) is 0 Å². The van der Waals surface area contributed by atoms with Gasteiger partial charge in [0.2, 0.25) is 0 Å². The molecule has 1 aromatic carbocycles. The summed E-state index contributed by atoms with van der Waals surface area (Å²) in [7, 11) is 0. The molecule has 1 aromatic heterocycles. The Morgan fingerprint density at radius 1 is 1.28 bits per heavy atom. The van der Waals surface area contributed by atoms with E-state index in [0.29, 0.717) is 18.3 Å². The number of aliphatic hydroxyl groups excluding tert-OH is 1. The van der Waals surface area contributed by atoms with Gasteiger partial charge in [-0.2, -0.15) is 5.10 Å². The van der Waals surface area contributed by atoms with Gasteiger partial charge in [-0.1, -0.05) is 13.8 Å². The minimum Gasteiger partial charge on any atom is -0.395 e. The molecule has 0 fully saturated rings. The van der Waals surface area contributed by atoms with Gasteiger partial charge in [-0.25, -0.2) is 4.98 Å². The molecule has 96 valence electrons. The molecular formula is C13H18N4O. The van der Waals surface area contributed by atoms with Crippen LogP contribution in [0.2, 0.25) is 0 Å². The molecule has 0 radical (unpaired) electrons. The molecule has 0 unspecified atom stereocenters. The third-order valence-electron chi connectivity index (χ3n) is 2.63. The maximum atomic E-state index is 8.73. The van der Waals surface area contributed by atoms with Gasteiger partial charge in [-0.05, 0) is 24.3 Å². The van der Waals surface area contributed by atoms with Gasteiger partial charge < -0.3 is 10.4 Å². The summed E-state index contributed by atoms with van der Waals surface area (Å²) in [4.78, 5) is 4.44. The van der Waals surface area contributed by atoms with E-state index in [0.717, 1.165) is 17.1 Å². The second-order valence-corrected chi connectivity index (χ2v) is 4.43. The summed E-state index contributed by atoms with van der Waals surface area (Å²) in [5.41, 5.74) is 1.96. The van der Waals surface area contributed by atoms with Crippen LogP contribution in [0, 0.1) is 0 Å². The van der Waals surface area contributed by atoms with Gasteiger partial charge in [0, 0.05) is 23.7 Å². The Morgan fingerprint density at radius 2 is 2.00 bits per heavy atom. The van der Waals surface area contributed by atoms with Crippen molar-refractivity contribution in [1.82, 2.24) is 15.2 Å². The van der Waals surface area contributed by atoms with Crippen LogP contribution in [-0.2, 0) is 0 Å². The van der Waals surface area contributed by atoms with Gasteiger partial charge in [0.05, 0.1) is 6.61 Å². The molecule has 0 saturated carbocycles. The molecule has 18 heavy (non-hydrogen) atoms. The van der Waals surface area contributed by atoms with Crippen molar-refractivity contribution in [1.29, 1.82) is 0 Å². The number of anilines is 1. The smallest absolute Gasteiger partial charge is 0.181 e. The molecule has 0 spiro atoms. The predicted molar refractivity (Wildman–Crippen MR) is 71.5 cm³/mol. The summed E-state index contributed by atoms with van der Waals surface area (Å²) in [5.74, 6) is 1.96. The van der Waals surface area contributed by atoms with Crippen molar-refractivity contribution in [2.75, 3.05) is 18.5 Å². The first-order valence-corrected chi connectivity index (χ1v) is 6.08. The maximum absolute atomic E-state index is 8.73. The second kappa shape index (κ2) is 5.64. The first kappa shape index (κ1) is 12.6. The highest BCUT2D eigenvalue weighted by molar-refractivity contribution is 5.59. The first-order valence-electron chi connectivity index (χ1n) is 6.08. The molecule has 2 rings (SSSR count). The third kappa shape index (κ3) is 2.87. The van der Waals surface area contributed by atoms with Crippen molar-refractivity contribution in [3.05, 3.63) is 30.1 Å². The van der Waals surface area contributed by atoms with Crippen LogP contribution in [0.4, 0.5) is 5.69 Å². The lowest BCUT2D eigenvalue weighted by molar-refractivity contribution is 0.311. The molecule has 2 aromatic rings. The van der Waals surface area contributed by atoms with Crippen LogP contribution in [0.5, 0.6) is 0 Å². The lowest BCUT2D eigenvalue weighted by Crippen LogP contribution is -2.04. The van der Waals surface area contributed by atoms with Gasteiger partial charge in [0.1, 0.15) is 5.82 Å². The van der Waals surface area contributed by atoms with E-state index in [9.17, 15) is 0 Å². The van der Waals surface area contributed by atoms with Crippen LogP contribution in [0.15, 0.2) is 24.3 Å². The lowest BCUT2D eigenvalue weighted by atomic mass is 10.2. The molecule has 1 heterocycles. The fraction of sp³-hybridized carbons (Fsp3) is 0.385. The number of rotatable bonds is 5. The summed E-state index contributed by atoms with van der Waals surface area (Å²) in [6.45, 7) is 4.83. The Labute approximate surface area is 106 Å². The fourth-order valence-corrected chi connectivity index (χ4v) is 1.60. The first-order chi connectivity index (χ1) is 8.70. The van der Waals surface area contributed by atoms with Gasteiger partial charge in [0.25, 0.3) is 0 Å². The van der Waals surface area contributed by atoms with E-state index in [2.05, 4.69) is 34.3 Å². The van der Waals surface area contributed by atoms with Crippen LogP contribution in [-0.4, -0.2) is 33.4 Å². The van der Waals surface area contributed by atoms with Gasteiger partial charge in [-0.3, -0.25) is 5.10 Å². The molecule has 5 heteroatoms. The number of benzene rings is 1. The van der Waals surface area contributed by atoms with Crippen LogP contribution in [0.25, 0.3) is 11.4 Å². The molecule has 0 aliphatic heterocycles. The minimum absolute atomic E-state index is 0.125. The van der Waals surface area contributed by atoms with E-state index >= 15 is 0 Å². The van der Waals surface area contributed by atoms with E-state index in [1.807, 2.05) is 24.3 Å². The number of hydrogen-bond acceptors (Lipinski definition) is 4. The van der Waals surface area contributed by atoms with Crippen molar-refractivity contribution < 1.29 is 5.11 Å². The zero-order valence-electron chi connectivity index (χ0n) is 10.6.